The summed E-state index contributed by atoms with van der Waals surface area (Å²) in [4.78, 5) is 0. The fourth-order valence-electron chi connectivity index (χ4n) is 2.93. The molecule has 5 heteroatoms. The number of nitrogens with two attached hydrogens (primary N) is 1. The summed E-state index contributed by atoms with van der Waals surface area (Å²) in [5, 5.41) is 4.46. The molecular weight excluding hydrogens is 279 g/mol. The van der Waals surface area contributed by atoms with Gasteiger partial charge in [0.1, 0.15) is 5.82 Å². The number of aromatic nitrogens is 1. The second-order valence-corrected chi connectivity index (χ2v) is 5.67. The fourth-order valence-corrected chi connectivity index (χ4v) is 3.20. The molecule has 1 fully saturated rings. The smallest absolute Gasteiger partial charge is 0.230 e. The largest absolute Gasteiger partial charge is 0.367 e. The molecule has 1 aliphatic carbocycles. The summed E-state index contributed by atoms with van der Waals surface area (Å²) < 4.78 is 18.4. The number of nitrogen functional groups attached to an aromatic ring is 1. The van der Waals surface area contributed by atoms with Crippen LogP contribution in [0.2, 0.25) is 5.02 Å². The van der Waals surface area contributed by atoms with Crippen LogP contribution in [0, 0.1) is 5.82 Å². The van der Waals surface area contributed by atoms with Crippen molar-refractivity contribution in [1.29, 1.82) is 0 Å². The van der Waals surface area contributed by atoms with Gasteiger partial charge in [-0.1, -0.05) is 36.0 Å². The SMILES string of the molecule is Nc1onc(C2CCCCC2)c1-c1ccc(F)cc1Cl. The first-order valence-electron chi connectivity index (χ1n) is 6.87. The van der Waals surface area contributed by atoms with E-state index < -0.39 is 0 Å². The van der Waals surface area contributed by atoms with Crippen LogP contribution in [0.3, 0.4) is 0 Å². The highest BCUT2D eigenvalue weighted by atomic mass is 35.5. The van der Waals surface area contributed by atoms with Crippen LogP contribution in [-0.2, 0) is 0 Å². The van der Waals surface area contributed by atoms with Crippen molar-refractivity contribution in [2.45, 2.75) is 38.0 Å². The molecule has 0 aliphatic heterocycles. The first-order chi connectivity index (χ1) is 9.66. The molecule has 1 aliphatic rings. The minimum atomic E-state index is -0.368. The molecule has 1 heterocycles. The highest BCUT2D eigenvalue weighted by Gasteiger charge is 2.26. The van der Waals surface area contributed by atoms with E-state index in [4.69, 9.17) is 21.9 Å². The van der Waals surface area contributed by atoms with E-state index in [-0.39, 0.29) is 11.7 Å². The molecule has 2 aromatic rings. The summed E-state index contributed by atoms with van der Waals surface area (Å²) in [5.41, 5.74) is 8.17. The van der Waals surface area contributed by atoms with Gasteiger partial charge >= 0.3 is 0 Å². The van der Waals surface area contributed by atoms with Gasteiger partial charge in [-0.3, -0.25) is 0 Å². The molecule has 1 saturated carbocycles. The van der Waals surface area contributed by atoms with Gasteiger partial charge in [-0.25, -0.2) is 4.39 Å². The number of hydrogen-bond donors (Lipinski definition) is 1. The molecule has 0 amide bonds. The molecule has 0 spiro atoms. The molecule has 0 unspecified atom stereocenters. The van der Waals surface area contributed by atoms with Gasteiger partial charge in [-0.2, -0.15) is 0 Å². The molecule has 0 saturated heterocycles. The lowest BCUT2D eigenvalue weighted by Crippen LogP contribution is -2.06. The van der Waals surface area contributed by atoms with Gasteiger partial charge in [0.05, 0.1) is 16.3 Å². The Morgan fingerprint density at radius 1 is 1.25 bits per heavy atom. The molecule has 0 bridgehead atoms. The summed E-state index contributed by atoms with van der Waals surface area (Å²) in [6.45, 7) is 0. The van der Waals surface area contributed by atoms with Crippen molar-refractivity contribution in [3.05, 3.63) is 34.7 Å². The fraction of sp³-hybridized carbons (Fsp3) is 0.400. The van der Waals surface area contributed by atoms with Crippen LogP contribution < -0.4 is 5.73 Å². The maximum absolute atomic E-state index is 13.2. The molecule has 3 rings (SSSR count). The average molecular weight is 295 g/mol. The summed E-state index contributed by atoms with van der Waals surface area (Å²) >= 11 is 6.14. The number of halogens is 2. The van der Waals surface area contributed by atoms with Crippen molar-refractivity contribution in [2.75, 3.05) is 5.73 Å². The van der Waals surface area contributed by atoms with Gasteiger partial charge in [0.15, 0.2) is 0 Å². The molecule has 1 aromatic carbocycles. The van der Waals surface area contributed by atoms with Crippen molar-refractivity contribution < 1.29 is 8.91 Å². The third kappa shape index (κ3) is 2.40. The lowest BCUT2D eigenvalue weighted by atomic mass is 9.84. The topological polar surface area (TPSA) is 52.0 Å². The van der Waals surface area contributed by atoms with E-state index in [1.165, 1.54) is 31.4 Å². The first kappa shape index (κ1) is 13.4. The van der Waals surface area contributed by atoms with Crippen LogP contribution in [0.1, 0.15) is 43.7 Å². The normalized spacial score (nSPS) is 16.5. The van der Waals surface area contributed by atoms with Crippen LogP contribution in [0.15, 0.2) is 22.7 Å². The monoisotopic (exact) mass is 294 g/mol. The molecular formula is C15H16ClFN2O. The first-order valence-corrected chi connectivity index (χ1v) is 7.25. The van der Waals surface area contributed by atoms with E-state index in [0.717, 1.165) is 24.1 Å². The summed E-state index contributed by atoms with van der Waals surface area (Å²) in [5.74, 6) is 0.230. The molecule has 106 valence electrons. The zero-order valence-electron chi connectivity index (χ0n) is 11.0. The number of nitrogens with zero attached hydrogens (tertiary/aromatic N) is 1. The molecule has 20 heavy (non-hydrogen) atoms. The van der Waals surface area contributed by atoms with E-state index in [2.05, 4.69) is 5.16 Å². The van der Waals surface area contributed by atoms with Crippen molar-refractivity contribution >= 4 is 17.5 Å². The van der Waals surface area contributed by atoms with E-state index in [1.54, 1.807) is 6.07 Å². The highest BCUT2D eigenvalue weighted by molar-refractivity contribution is 6.33. The lowest BCUT2D eigenvalue weighted by molar-refractivity contribution is 0.388. The Morgan fingerprint density at radius 3 is 2.70 bits per heavy atom. The van der Waals surface area contributed by atoms with Gasteiger partial charge in [0.25, 0.3) is 0 Å². The Balaban J connectivity index is 2.06. The molecule has 3 nitrogen and oxygen atoms in total. The van der Waals surface area contributed by atoms with Crippen LogP contribution in [0.25, 0.3) is 11.1 Å². The Labute approximate surface area is 121 Å². The number of anilines is 1. The minimum Gasteiger partial charge on any atom is -0.367 e. The van der Waals surface area contributed by atoms with Gasteiger partial charge in [0, 0.05) is 11.5 Å². The molecule has 2 N–H and O–H groups in total. The summed E-state index contributed by atoms with van der Waals surface area (Å²) in [6, 6.07) is 4.29. The Morgan fingerprint density at radius 2 is 2.00 bits per heavy atom. The second-order valence-electron chi connectivity index (χ2n) is 5.27. The molecule has 0 atom stereocenters. The molecule has 0 radical (unpaired) electrons. The van der Waals surface area contributed by atoms with Gasteiger partial charge in [-0.05, 0) is 31.0 Å². The van der Waals surface area contributed by atoms with Crippen molar-refractivity contribution in [3.63, 3.8) is 0 Å². The van der Waals surface area contributed by atoms with Gasteiger partial charge in [0.2, 0.25) is 5.88 Å². The predicted molar refractivity (Wildman–Crippen MR) is 77.1 cm³/mol. The van der Waals surface area contributed by atoms with Crippen molar-refractivity contribution in [2.24, 2.45) is 0 Å². The van der Waals surface area contributed by atoms with E-state index >= 15 is 0 Å². The Kier molecular flexibility index (Phi) is 3.66. The van der Waals surface area contributed by atoms with Gasteiger partial charge < -0.3 is 10.3 Å². The zero-order chi connectivity index (χ0) is 14.1. The van der Waals surface area contributed by atoms with E-state index in [1.807, 2.05) is 0 Å². The number of rotatable bonds is 2. The van der Waals surface area contributed by atoms with Gasteiger partial charge in [-0.15, -0.1) is 0 Å². The Bertz CT molecular complexity index is 620. The lowest BCUT2D eigenvalue weighted by Gasteiger charge is -2.20. The van der Waals surface area contributed by atoms with Crippen LogP contribution in [-0.4, -0.2) is 5.16 Å². The maximum Gasteiger partial charge on any atom is 0.230 e. The predicted octanol–water partition coefficient (Wildman–Crippen LogP) is 4.76. The third-order valence-corrected chi connectivity index (χ3v) is 4.25. The zero-order valence-corrected chi connectivity index (χ0v) is 11.8. The maximum atomic E-state index is 13.2. The van der Waals surface area contributed by atoms with Crippen molar-refractivity contribution in [3.8, 4) is 11.1 Å². The third-order valence-electron chi connectivity index (χ3n) is 3.94. The number of hydrogen-bond acceptors (Lipinski definition) is 3. The molecule has 1 aromatic heterocycles. The number of benzene rings is 1. The quantitative estimate of drug-likeness (QED) is 0.868. The standard InChI is InChI=1S/C15H16ClFN2O/c16-12-8-10(17)6-7-11(12)13-14(19-20-15(13)18)9-4-2-1-3-5-9/h6-9H,1-5,18H2. The van der Waals surface area contributed by atoms with Crippen LogP contribution >= 0.6 is 11.6 Å². The highest BCUT2D eigenvalue weighted by Crippen LogP contribution is 2.42. The van der Waals surface area contributed by atoms with E-state index in [9.17, 15) is 4.39 Å². The van der Waals surface area contributed by atoms with Crippen LogP contribution in [0.4, 0.5) is 10.3 Å². The average Bonchev–Trinajstić information content (AvgIpc) is 2.82. The summed E-state index contributed by atoms with van der Waals surface area (Å²) in [6.07, 6.45) is 5.80. The second kappa shape index (κ2) is 5.44. The Hall–Kier alpha value is -1.55. The van der Waals surface area contributed by atoms with Crippen molar-refractivity contribution in [1.82, 2.24) is 5.16 Å². The van der Waals surface area contributed by atoms with Crippen LogP contribution in [0.5, 0.6) is 0 Å². The minimum absolute atomic E-state index is 0.249. The summed E-state index contributed by atoms with van der Waals surface area (Å²) in [7, 11) is 0. The van der Waals surface area contributed by atoms with E-state index in [0.29, 0.717) is 16.5 Å².